The molecule has 0 bridgehead atoms. The van der Waals surface area contributed by atoms with Crippen LogP contribution < -0.4 is 11.5 Å². The van der Waals surface area contributed by atoms with E-state index in [0.29, 0.717) is 5.82 Å². The van der Waals surface area contributed by atoms with Gasteiger partial charge in [-0.15, -0.1) is 0 Å². The summed E-state index contributed by atoms with van der Waals surface area (Å²) in [6, 6.07) is 3.77. The molecule has 0 aliphatic carbocycles. The molecule has 0 amide bonds. The first-order valence-electron chi connectivity index (χ1n) is 4.72. The summed E-state index contributed by atoms with van der Waals surface area (Å²) < 4.78 is 0. The minimum absolute atomic E-state index is 0.0221. The van der Waals surface area contributed by atoms with E-state index in [0.717, 1.165) is 18.5 Å². The molecule has 4 nitrogen and oxygen atoms in total. The summed E-state index contributed by atoms with van der Waals surface area (Å²) >= 11 is 0. The highest BCUT2D eigenvalue weighted by Gasteiger charge is 2.09. The quantitative estimate of drug-likeness (QED) is 0.737. The molecule has 1 aromatic heterocycles. The van der Waals surface area contributed by atoms with Gasteiger partial charge in [-0.1, -0.05) is 6.07 Å². The van der Waals surface area contributed by atoms with Crippen LogP contribution in [0.4, 0.5) is 5.82 Å². The molecule has 0 aliphatic heterocycles. The van der Waals surface area contributed by atoms with Crippen molar-refractivity contribution in [3.05, 3.63) is 23.9 Å². The van der Waals surface area contributed by atoms with Crippen LogP contribution in [0, 0.1) is 0 Å². The second-order valence-corrected chi connectivity index (χ2v) is 3.68. The average Bonchev–Trinajstić information content (AvgIpc) is 2.15. The Morgan fingerprint density at radius 2 is 2.21 bits per heavy atom. The van der Waals surface area contributed by atoms with Crippen LogP contribution in [-0.4, -0.2) is 30.5 Å². The molecule has 4 heteroatoms. The van der Waals surface area contributed by atoms with Gasteiger partial charge in [-0.2, -0.15) is 0 Å². The number of aromatic nitrogens is 1. The Labute approximate surface area is 84.9 Å². The van der Waals surface area contributed by atoms with Crippen molar-refractivity contribution in [1.82, 2.24) is 9.88 Å². The average molecular weight is 194 g/mol. The summed E-state index contributed by atoms with van der Waals surface area (Å²) in [6.45, 7) is 0.954. The van der Waals surface area contributed by atoms with Crippen molar-refractivity contribution >= 4 is 5.82 Å². The number of pyridine rings is 1. The molecule has 0 fully saturated rings. The van der Waals surface area contributed by atoms with Crippen LogP contribution in [0.1, 0.15) is 18.0 Å². The second-order valence-electron chi connectivity index (χ2n) is 3.68. The SMILES string of the molecule is CN(C)CCC(N)c1cccnc1N. The Balaban J connectivity index is 2.60. The number of hydrogen-bond donors (Lipinski definition) is 2. The minimum Gasteiger partial charge on any atom is -0.383 e. The van der Waals surface area contributed by atoms with E-state index in [2.05, 4.69) is 9.88 Å². The largest absolute Gasteiger partial charge is 0.383 e. The molecule has 1 atom stereocenters. The van der Waals surface area contributed by atoms with Gasteiger partial charge in [0.15, 0.2) is 0 Å². The van der Waals surface area contributed by atoms with Gasteiger partial charge in [0.2, 0.25) is 0 Å². The first-order chi connectivity index (χ1) is 6.61. The fourth-order valence-corrected chi connectivity index (χ4v) is 1.30. The van der Waals surface area contributed by atoms with E-state index in [-0.39, 0.29) is 6.04 Å². The normalized spacial score (nSPS) is 13.1. The molecule has 0 aliphatic rings. The van der Waals surface area contributed by atoms with E-state index in [1.807, 2.05) is 26.2 Å². The maximum absolute atomic E-state index is 6.00. The minimum atomic E-state index is -0.0221. The van der Waals surface area contributed by atoms with Gasteiger partial charge in [0, 0.05) is 17.8 Å². The van der Waals surface area contributed by atoms with Crippen molar-refractivity contribution in [1.29, 1.82) is 0 Å². The van der Waals surface area contributed by atoms with Crippen molar-refractivity contribution in [3.63, 3.8) is 0 Å². The van der Waals surface area contributed by atoms with Crippen LogP contribution in [0.3, 0.4) is 0 Å². The summed E-state index contributed by atoms with van der Waals surface area (Å²) in [5, 5.41) is 0. The number of nitrogens with two attached hydrogens (primary N) is 2. The monoisotopic (exact) mass is 194 g/mol. The number of hydrogen-bond acceptors (Lipinski definition) is 4. The molecule has 1 heterocycles. The summed E-state index contributed by atoms with van der Waals surface area (Å²) in [5.41, 5.74) is 12.7. The highest BCUT2D eigenvalue weighted by atomic mass is 15.0. The predicted octanol–water partition coefficient (Wildman–Crippen LogP) is 0.615. The molecule has 1 unspecified atom stereocenters. The molecule has 14 heavy (non-hydrogen) atoms. The Morgan fingerprint density at radius 3 is 2.79 bits per heavy atom. The van der Waals surface area contributed by atoms with E-state index in [4.69, 9.17) is 11.5 Å². The Kier molecular flexibility index (Phi) is 3.85. The second kappa shape index (κ2) is 4.93. The zero-order chi connectivity index (χ0) is 10.6. The lowest BCUT2D eigenvalue weighted by atomic mass is 10.1. The molecule has 0 saturated carbocycles. The Morgan fingerprint density at radius 1 is 1.50 bits per heavy atom. The van der Waals surface area contributed by atoms with Crippen molar-refractivity contribution in [3.8, 4) is 0 Å². The van der Waals surface area contributed by atoms with Crippen molar-refractivity contribution in [2.24, 2.45) is 5.73 Å². The van der Waals surface area contributed by atoms with E-state index in [1.54, 1.807) is 6.20 Å². The van der Waals surface area contributed by atoms with Gasteiger partial charge in [-0.3, -0.25) is 0 Å². The van der Waals surface area contributed by atoms with Crippen molar-refractivity contribution < 1.29 is 0 Å². The van der Waals surface area contributed by atoms with Crippen LogP contribution in [-0.2, 0) is 0 Å². The summed E-state index contributed by atoms with van der Waals surface area (Å²) in [4.78, 5) is 6.12. The molecule has 0 radical (unpaired) electrons. The molecule has 0 aromatic carbocycles. The maximum atomic E-state index is 6.00. The molecule has 4 N–H and O–H groups in total. The zero-order valence-electron chi connectivity index (χ0n) is 8.77. The van der Waals surface area contributed by atoms with Gasteiger partial charge >= 0.3 is 0 Å². The van der Waals surface area contributed by atoms with Gasteiger partial charge < -0.3 is 16.4 Å². The van der Waals surface area contributed by atoms with Gasteiger partial charge in [-0.05, 0) is 33.1 Å². The molecule has 0 spiro atoms. The number of rotatable bonds is 4. The maximum Gasteiger partial charge on any atom is 0.128 e. The molecule has 78 valence electrons. The molecular formula is C10H18N4. The Bertz CT molecular complexity index is 285. The van der Waals surface area contributed by atoms with Crippen molar-refractivity contribution in [2.75, 3.05) is 26.4 Å². The van der Waals surface area contributed by atoms with Crippen LogP contribution in [0.5, 0.6) is 0 Å². The van der Waals surface area contributed by atoms with Crippen LogP contribution >= 0.6 is 0 Å². The zero-order valence-corrected chi connectivity index (χ0v) is 8.77. The van der Waals surface area contributed by atoms with Gasteiger partial charge in [0.1, 0.15) is 5.82 Å². The van der Waals surface area contributed by atoms with E-state index in [1.165, 1.54) is 0 Å². The number of nitrogen functional groups attached to an aromatic ring is 1. The molecule has 0 saturated heterocycles. The molecule has 1 aromatic rings. The van der Waals surface area contributed by atoms with Crippen LogP contribution in [0.2, 0.25) is 0 Å². The summed E-state index contributed by atoms with van der Waals surface area (Å²) in [7, 11) is 4.05. The highest BCUT2D eigenvalue weighted by Crippen LogP contribution is 2.18. The Hall–Kier alpha value is -1.13. The van der Waals surface area contributed by atoms with E-state index in [9.17, 15) is 0 Å². The predicted molar refractivity (Wildman–Crippen MR) is 58.7 cm³/mol. The molecular weight excluding hydrogens is 176 g/mol. The van der Waals surface area contributed by atoms with Crippen molar-refractivity contribution in [2.45, 2.75) is 12.5 Å². The number of nitrogens with zero attached hydrogens (tertiary/aromatic N) is 2. The summed E-state index contributed by atoms with van der Waals surface area (Å²) in [5.74, 6) is 0.541. The van der Waals surface area contributed by atoms with Gasteiger partial charge in [-0.25, -0.2) is 4.98 Å². The van der Waals surface area contributed by atoms with E-state index >= 15 is 0 Å². The van der Waals surface area contributed by atoms with Crippen LogP contribution in [0.15, 0.2) is 18.3 Å². The lowest BCUT2D eigenvalue weighted by molar-refractivity contribution is 0.383. The first-order valence-corrected chi connectivity index (χ1v) is 4.72. The fraction of sp³-hybridized carbons (Fsp3) is 0.500. The van der Waals surface area contributed by atoms with Gasteiger partial charge in [0.05, 0.1) is 0 Å². The molecule has 1 rings (SSSR count). The first kappa shape index (κ1) is 10.9. The van der Waals surface area contributed by atoms with Crippen LogP contribution in [0.25, 0.3) is 0 Å². The summed E-state index contributed by atoms with van der Waals surface area (Å²) in [6.07, 6.45) is 2.57. The third-order valence-corrected chi connectivity index (χ3v) is 2.16. The fourth-order valence-electron chi connectivity index (χ4n) is 1.30. The highest BCUT2D eigenvalue weighted by molar-refractivity contribution is 5.40. The van der Waals surface area contributed by atoms with E-state index < -0.39 is 0 Å². The lowest BCUT2D eigenvalue weighted by Gasteiger charge is -2.16. The number of anilines is 1. The third-order valence-electron chi connectivity index (χ3n) is 2.16. The third kappa shape index (κ3) is 2.97. The topological polar surface area (TPSA) is 68.2 Å². The lowest BCUT2D eigenvalue weighted by Crippen LogP contribution is -2.21. The van der Waals surface area contributed by atoms with Gasteiger partial charge in [0.25, 0.3) is 0 Å². The smallest absolute Gasteiger partial charge is 0.128 e. The standard InChI is InChI=1S/C10H18N4/c1-14(2)7-5-9(11)8-4-3-6-13-10(8)12/h3-4,6,9H,5,7,11H2,1-2H3,(H2,12,13).